The van der Waals surface area contributed by atoms with Crippen LogP contribution in [0.5, 0.6) is 0 Å². The number of nitrogens with one attached hydrogen (secondary N) is 2. The molecule has 2 aromatic rings. The number of anilines is 2. The molecule has 134 valence electrons. The van der Waals surface area contributed by atoms with Gasteiger partial charge in [0.25, 0.3) is 0 Å². The van der Waals surface area contributed by atoms with Crippen molar-refractivity contribution < 1.29 is 4.79 Å². The van der Waals surface area contributed by atoms with E-state index in [0.29, 0.717) is 6.54 Å². The molecule has 1 unspecified atom stereocenters. The van der Waals surface area contributed by atoms with Crippen molar-refractivity contribution >= 4 is 28.1 Å². The van der Waals surface area contributed by atoms with Crippen molar-refractivity contribution in [3.05, 3.63) is 47.3 Å². The maximum Gasteiger partial charge on any atom is 0.319 e. The summed E-state index contributed by atoms with van der Waals surface area (Å²) in [4.78, 5) is 16.7. The highest BCUT2D eigenvalue weighted by Crippen LogP contribution is 2.26. The van der Waals surface area contributed by atoms with Crippen LogP contribution in [0.15, 0.2) is 41.8 Å². The van der Waals surface area contributed by atoms with E-state index in [2.05, 4.69) is 44.7 Å². The number of likely N-dealkylation sites (tertiary alicyclic amines) is 1. The Morgan fingerprint density at radius 1 is 1.20 bits per heavy atom. The minimum absolute atomic E-state index is 0.142. The van der Waals surface area contributed by atoms with Crippen molar-refractivity contribution in [1.29, 1.82) is 0 Å². The second-order valence-corrected chi connectivity index (χ2v) is 7.50. The average molecular weight is 359 g/mol. The molecule has 2 amide bonds. The second kappa shape index (κ2) is 8.36. The Hall–Kier alpha value is -2.05. The first-order valence-corrected chi connectivity index (χ1v) is 9.61. The number of carbonyl (C=O) groups excluding carboxylic acids is 1. The van der Waals surface area contributed by atoms with Crippen LogP contribution in [-0.4, -0.2) is 44.7 Å². The van der Waals surface area contributed by atoms with Gasteiger partial charge in [-0.25, -0.2) is 4.79 Å². The Morgan fingerprint density at radius 3 is 2.52 bits per heavy atom. The van der Waals surface area contributed by atoms with Gasteiger partial charge in [-0.05, 0) is 61.1 Å². The zero-order chi connectivity index (χ0) is 17.6. The number of amides is 2. The van der Waals surface area contributed by atoms with Crippen LogP contribution in [0.4, 0.5) is 15.5 Å². The molecule has 1 aromatic carbocycles. The van der Waals surface area contributed by atoms with Gasteiger partial charge in [-0.2, -0.15) is 0 Å². The quantitative estimate of drug-likeness (QED) is 0.826. The summed E-state index contributed by atoms with van der Waals surface area (Å²) in [7, 11) is 4.09. The topological polar surface area (TPSA) is 47.6 Å². The fourth-order valence-corrected chi connectivity index (χ4v) is 3.81. The molecule has 2 heterocycles. The number of nitrogens with zero attached hydrogens (tertiary/aromatic N) is 2. The van der Waals surface area contributed by atoms with Crippen molar-refractivity contribution in [3.63, 3.8) is 0 Å². The molecule has 1 fully saturated rings. The molecule has 25 heavy (non-hydrogen) atoms. The Bertz CT molecular complexity index is 663. The first-order valence-electron chi connectivity index (χ1n) is 8.73. The Morgan fingerprint density at radius 2 is 1.92 bits per heavy atom. The van der Waals surface area contributed by atoms with Gasteiger partial charge in [-0.15, -0.1) is 11.3 Å². The van der Waals surface area contributed by atoms with Gasteiger partial charge in [0.1, 0.15) is 0 Å². The number of hydrogen-bond donors (Lipinski definition) is 2. The summed E-state index contributed by atoms with van der Waals surface area (Å²) < 4.78 is 0. The van der Waals surface area contributed by atoms with E-state index in [-0.39, 0.29) is 12.1 Å². The highest BCUT2D eigenvalue weighted by molar-refractivity contribution is 7.14. The molecular formula is C19H26N4OS. The van der Waals surface area contributed by atoms with Crippen LogP contribution in [-0.2, 0) is 0 Å². The van der Waals surface area contributed by atoms with E-state index in [4.69, 9.17) is 0 Å². The lowest BCUT2D eigenvalue weighted by Gasteiger charge is -2.28. The number of benzene rings is 1. The molecule has 1 atom stereocenters. The van der Waals surface area contributed by atoms with Crippen LogP contribution < -0.4 is 15.5 Å². The molecule has 5 nitrogen and oxygen atoms in total. The molecule has 1 aliphatic heterocycles. The summed E-state index contributed by atoms with van der Waals surface area (Å²) in [6.45, 7) is 2.79. The van der Waals surface area contributed by atoms with Gasteiger partial charge in [-0.1, -0.05) is 12.1 Å². The molecule has 2 N–H and O–H groups in total. The molecule has 1 saturated heterocycles. The van der Waals surface area contributed by atoms with E-state index in [9.17, 15) is 4.79 Å². The van der Waals surface area contributed by atoms with Crippen LogP contribution in [0.25, 0.3) is 0 Å². The second-order valence-electron chi connectivity index (χ2n) is 6.56. The van der Waals surface area contributed by atoms with Crippen molar-refractivity contribution in [2.24, 2.45) is 0 Å². The lowest BCUT2D eigenvalue weighted by atomic mass is 10.0. The monoisotopic (exact) mass is 358 g/mol. The van der Waals surface area contributed by atoms with Crippen molar-refractivity contribution in [3.8, 4) is 0 Å². The summed E-state index contributed by atoms with van der Waals surface area (Å²) >= 11 is 1.52. The van der Waals surface area contributed by atoms with E-state index in [1.54, 1.807) is 0 Å². The van der Waals surface area contributed by atoms with Gasteiger partial charge in [0.2, 0.25) is 0 Å². The predicted octanol–water partition coefficient (Wildman–Crippen LogP) is 3.77. The van der Waals surface area contributed by atoms with E-state index >= 15 is 0 Å². The molecule has 1 aliphatic rings. The highest BCUT2D eigenvalue weighted by atomic mass is 32.1. The summed E-state index contributed by atoms with van der Waals surface area (Å²) in [6, 6.07) is 12.6. The van der Waals surface area contributed by atoms with Crippen LogP contribution in [0.3, 0.4) is 0 Å². The maximum absolute atomic E-state index is 12.2. The molecule has 0 saturated carbocycles. The predicted molar refractivity (Wildman–Crippen MR) is 106 cm³/mol. The Labute approximate surface area is 153 Å². The third-order valence-corrected chi connectivity index (χ3v) is 5.37. The van der Waals surface area contributed by atoms with Crippen molar-refractivity contribution in [1.82, 2.24) is 10.2 Å². The lowest BCUT2D eigenvalue weighted by molar-refractivity contribution is 0.227. The minimum Gasteiger partial charge on any atom is -0.378 e. The third kappa shape index (κ3) is 4.74. The normalized spacial score (nSPS) is 15.8. The van der Waals surface area contributed by atoms with Crippen molar-refractivity contribution in [2.45, 2.75) is 18.9 Å². The summed E-state index contributed by atoms with van der Waals surface area (Å²) in [5, 5.41) is 8.74. The molecule has 0 spiro atoms. The summed E-state index contributed by atoms with van der Waals surface area (Å²) in [5.74, 6) is 0. The zero-order valence-electron chi connectivity index (χ0n) is 14.9. The molecule has 3 rings (SSSR count). The largest absolute Gasteiger partial charge is 0.378 e. The maximum atomic E-state index is 12.2. The van der Waals surface area contributed by atoms with E-state index in [1.165, 1.54) is 35.4 Å². The first-order chi connectivity index (χ1) is 12.1. The molecule has 0 aliphatic carbocycles. The van der Waals surface area contributed by atoms with Gasteiger partial charge in [-0.3, -0.25) is 10.2 Å². The van der Waals surface area contributed by atoms with Crippen LogP contribution >= 0.6 is 11.3 Å². The molecule has 0 radical (unpaired) electrons. The number of urea groups is 1. The fourth-order valence-electron chi connectivity index (χ4n) is 3.20. The van der Waals surface area contributed by atoms with Gasteiger partial charge < -0.3 is 10.2 Å². The average Bonchev–Trinajstić information content (AvgIpc) is 3.29. The fraction of sp³-hybridized carbons (Fsp3) is 0.421. The number of carbonyl (C=O) groups is 1. The lowest BCUT2D eigenvalue weighted by Crippen LogP contribution is -2.38. The smallest absolute Gasteiger partial charge is 0.319 e. The van der Waals surface area contributed by atoms with E-state index < -0.39 is 0 Å². The highest BCUT2D eigenvalue weighted by Gasteiger charge is 2.24. The molecule has 1 aromatic heterocycles. The van der Waals surface area contributed by atoms with Crippen LogP contribution in [0, 0.1) is 0 Å². The zero-order valence-corrected chi connectivity index (χ0v) is 15.7. The first kappa shape index (κ1) is 17.8. The molecular weight excluding hydrogens is 332 g/mol. The number of hydrogen-bond acceptors (Lipinski definition) is 4. The van der Waals surface area contributed by atoms with E-state index in [0.717, 1.165) is 18.1 Å². The van der Waals surface area contributed by atoms with Gasteiger partial charge in [0, 0.05) is 26.3 Å². The minimum atomic E-state index is -0.142. The van der Waals surface area contributed by atoms with Gasteiger partial charge in [0.05, 0.1) is 11.0 Å². The third-order valence-electron chi connectivity index (χ3n) is 4.59. The van der Waals surface area contributed by atoms with Crippen molar-refractivity contribution in [2.75, 3.05) is 43.9 Å². The standard InChI is InChI=1S/C19H26N4OS/c1-22(2)16-9-7-15(8-10-16)17(23-11-3-4-12-23)14-20-19(24)21-18-6-5-13-25-18/h5-10,13,17H,3-4,11-12,14H2,1-2H3,(H2,20,21,24). The van der Waals surface area contributed by atoms with Gasteiger partial charge in [0.15, 0.2) is 0 Å². The van der Waals surface area contributed by atoms with Gasteiger partial charge >= 0.3 is 6.03 Å². The Balaban J connectivity index is 1.65. The molecule has 6 heteroatoms. The van der Waals surface area contributed by atoms with Crippen LogP contribution in [0.1, 0.15) is 24.4 Å². The number of thiophene rings is 1. The SMILES string of the molecule is CN(C)c1ccc(C(CNC(=O)Nc2cccs2)N2CCCC2)cc1. The van der Waals surface area contributed by atoms with E-state index in [1.807, 2.05) is 31.6 Å². The summed E-state index contributed by atoms with van der Waals surface area (Å²) in [6.07, 6.45) is 2.46. The Kier molecular flexibility index (Phi) is 5.94. The summed E-state index contributed by atoms with van der Waals surface area (Å²) in [5.41, 5.74) is 2.44. The molecule has 0 bridgehead atoms. The van der Waals surface area contributed by atoms with Crippen LogP contribution in [0.2, 0.25) is 0 Å². The number of rotatable bonds is 6.